The molecule has 0 saturated heterocycles. The maximum atomic E-state index is 11.8. The summed E-state index contributed by atoms with van der Waals surface area (Å²) in [5.41, 5.74) is 0. The average molecular weight is 230 g/mol. The number of hydrogen-bond acceptors (Lipinski definition) is 2. The zero-order chi connectivity index (χ0) is 12.9. The second-order valence-electron chi connectivity index (χ2n) is 4.65. The maximum absolute atomic E-state index is 11.8. The number of carbonyl (C=O) groups is 2. The lowest BCUT2D eigenvalue weighted by atomic mass is 10.2. The molecule has 0 aliphatic heterocycles. The molecule has 0 saturated carbocycles. The van der Waals surface area contributed by atoms with Crippen molar-refractivity contribution in [1.82, 2.24) is 10.2 Å². The van der Waals surface area contributed by atoms with Gasteiger partial charge >= 0.3 is 12.0 Å². The van der Waals surface area contributed by atoms with Gasteiger partial charge in [0.05, 0.1) is 0 Å². The van der Waals surface area contributed by atoms with Crippen molar-refractivity contribution in [3.05, 3.63) is 0 Å². The van der Waals surface area contributed by atoms with Gasteiger partial charge in [0.25, 0.3) is 0 Å². The molecular formula is C11H22N2O3. The van der Waals surface area contributed by atoms with Crippen LogP contribution in [-0.2, 0) is 4.79 Å². The molecule has 0 aromatic heterocycles. The van der Waals surface area contributed by atoms with Crippen molar-refractivity contribution in [3.8, 4) is 0 Å². The van der Waals surface area contributed by atoms with Crippen LogP contribution < -0.4 is 5.32 Å². The van der Waals surface area contributed by atoms with E-state index in [0.717, 1.165) is 0 Å². The smallest absolute Gasteiger partial charge is 0.325 e. The molecule has 0 unspecified atom stereocenters. The number of nitrogens with one attached hydrogen (secondary N) is 1. The second-order valence-corrected chi connectivity index (χ2v) is 4.65. The predicted molar refractivity (Wildman–Crippen MR) is 62.3 cm³/mol. The van der Waals surface area contributed by atoms with E-state index in [1.807, 2.05) is 27.7 Å². The number of amides is 2. The van der Waals surface area contributed by atoms with Gasteiger partial charge in [-0.05, 0) is 26.7 Å². The summed E-state index contributed by atoms with van der Waals surface area (Å²) in [4.78, 5) is 24.0. The topological polar surface area (TPSA) is 69.6 Å². The van der Waals surface area contributed by atoms with Crippen molar-refractivity contribution in [2.45, 2.75) is 46.7 Å². The minimum Gasteiger partial charge on any atom is -0.480 e. The van der Waals surface area contributed by atoms with Crippen molar-refractivity contribution in [3.63, 3.8) is 0 Å². The Morgan fingerprint density at radius 2 is 1.69 bits per heavy atom. The van der Waals surface area contributed by atoms with Gasteiger partial charge in [-0.25, -0.2) is 4.79 Å². The molecule has 0 bridgehead atoms. The number of aliphatic carboxylic acids is 1. The highest BCUT2D eigenvalue weighted by Gasteiger charge is 2.21. The summed E-state index contributed by atoms with van der Waals surface area (Å²) in [7, 11) is 0. The van der Waals surface area contributed by atoms with Gasteiger partial charge in [-0.15, -0.1) is 0 Å². The second kappa shape index (κ2) is 6.35. The largest absolute Gasteiger partial charge is 0.480 e. The van der Waals surface area contributed by atoms with Gasteiger partial charge in [0.1, 0.15) is 6.04 Å². The summed E-state index contributed by atoms with van der Waals surface area (Å²) >= 11 is 0. The van der Waals surface area contributed by atoms with Gasteiger partial charge in [0.15, 0.2) is 0 Å². The van der Waals surface area contributed by atoms with Crippen LogP contribution in [0.3, 0.4) is 0 Å². The lowest BCUT2D eigenvalue weighted by molar-refractivity contribution is -0.138. The third kappa shape index (κ3) is 5.00. The van der Waals surface area contributed by atoms with E-state index in [9.17, 15) is 9.59 Å². The van der Waals surface area contributed by atoms with Gasteiger partial charge in [-0.3, -0.25) is 4.79 Å². The minimum absolute atomic E-state index is 0.0587. The zero-order valence-corrected chi connectivity index (χ0v) is 10.7. The van der Waals surface area contributed by atoms with Gasteiger partial charge in [-0.2, -0.15) is 0 Å². The standard InChI is InChI=1S/C11H22N2O3/c1-7(2)6-13(8(3)4)11(16)12-9(5)10(14)15/h7-9H,6H2,1-5H3,(H,12,16)(H,14,15)/t9-/m0/s1. The number of carboxylic acid groups (broad SMARTS) is 1. The Labute approximate surface area is 96.8 Å². The first-order valence-corrected chi connectivity index (χ1v) is 5.55. The Balaban J connectivity index is 4.44. The Morgan fingerprint density at radius 3 is 2.00 bits per heavy atom. The fraction of sp³-hybridized carbons (Fsp3) is 0.818. The van der Waals surface area contributed by atoms with Crippen LogP contribution in [0.4, 0.5) is 4.79 Å². The van der Waals surface area contributed by atoms with Crippen molar-refractivity contribution in [2.24, 2.45) is 5.92 Å². The first kappa shape index (κ1) is 14.7. The molecule has 1 atom stereocenters. The van der Waals surface area contributed by atoms with Crippen LogP contribution in [0.5, 0.6) is 0 Å². The maximum Gasteiger partial charge on any atom is 0.325 e. The Hall–Kier alpha value is -1.26. The zero-order valence-electron chi connectivity index (χ0n) is 10.7. The number of urea groups is 1. The third-order valence-corrected chi connectivity index (χ3v) is 2.16. The van der Waals surface area contributed by atoms with E-state index in [2.05, 4.69) is 5.32 Å². The van der Waals surface area contributed by atoms with Crippen molar-refractivity contribution in [2.75, 3.05) is 6.54 Å². The SMILES string of the molecule is CC(C)CN(C(=O)N[C@@H](C)C(=O)O)C(C)C. The van der Waals surface area contributed by atoms with Crippen LogP contribution >= 0.6 is 0 Å². The van der Waals surface area contributed by atoms with E-state index in [0.29, 0.717) is 12.5 Å². The molecular weight excluding hydrogens is 208 g/mol. The number of rotatable bonds is 5. The van der Waals surface area contributed by atoms with E-state index in [1.165, 1.54) is 6.92 Å². The summed E-state index contributed by atoms with van der Waals surface area (Å²) < 4.78 is 0. The van der Waals surface area contributed by atoms with Crippen LogP contribution in [-0.4, -0.2) is 40.6 Å². The number of nitrogens with zero attached hydrogens (tertiary/aromatic N) is 1. The first-order valence-electron chi connectivity index (χ1n) is 5.55. The van der Waals surface area contributed by atoms with Gasteiger partial charge in [0.2, 0.25) is 0 Å². The van der Waals surface area contributed by atoms with Crippen LogP contribution in [0.2, 0.25) is 0 Å². The highest BCUT2D eigenvalue weighted by atomic mass is 16.4. The molecule has 2 amide bonds. The molecule has 0 fully saturated rings. The van der Waals surface area contributed by atoms with E-state index in [4.69, 9.17) is 5.11 Å². The van der Waals surface area contributed by atoms with Crippen molar-refractivity contribution < 1.29 is 14.7 Å². The predicted octanol–water partition coefficient (Wildman–Crippen LogP) is 1.54. The Kier molecular flexibility index (Phi) is 5.85. The van der Waals surface area contributed by atoms with Crippen LogP contribution in [0.25, 0.3) is 0 Å². The van der Waals surface area contributed by atoms with E-state index < -0.39 is 12.0 Å². The number of carboxylic acids is 1. The van der Waals surface area contributed by atoms with Gasteiger partial charge in [0, 0.05) is 12.6 Å². The molecule has 0 aromatic rings. The van der Waals surface area contributed by atoms with Crippen molar-refractivity contribution >= 4 is 12.0 Å². The van der Waals surface area contributed by atoms with Crippen molar-refractivity contribution in [1.29, 1.82) is 0 Å². The first-order chi connectivity index (χ1) is 7.25. The monoisotopic (exact) mass is 230 g/mol. The Bertz CT molecular complexity index is 252. The minimum atomic E-state index is -1.03. The fourth-order valence-electron chi connectivity index (χ4n) is 1.25. The highest BCUT2D eigenvalue weighted by Crippen LogP contribution is 2.04. The third-order valence-electron chi connectivity index (χ3n) is 2.16. The molecule has 0 aliphatic carbocycles. The van der Waals surface area contributed by atoms with Gasteiger partial charge < -0.3 is 15.3 Å². The van der Waals surface area contributed by atoms with Crippen LogP contribution in [0, 0.1) is 5.92 Å². The fourth-order valence-corrected chi connectivity index (χ4v) is 1.25. The summed E-state index contributed by atoms with van der Waals surface area (Å²) in [5.74, 6) is -0.671. The van der Waals surface area contributed by atoms with E-state index in [-0.39, 0.29) is 12.1 Å². The van der Waals surface area contributed by atoms with Crippen LogP contribution in [0.1, 0.15) is 34.6 Å². The molecule has 0 radical (unpaired) electrons. The molecule has 94 valence electrons. The lowest BCUT2D eigenvalue weighted by Gasteiger charge is -2.29. The molecule has 16 heavy (non-hydrogen) atoms. The van der Waals surface area contributed by atoms with E-state index >= 15 is 0 Å². The molecule has 0 rings (SSSR count). The number of carbonyl (C=O) groups excluding carboxylic acids is 1. The summed E-state index contributed by atoms with van der Waals surface area (Å²) in [5, 5.41) is 11.2. The Morgan fingerprint density at radius 1 is 1.19 bits per heavy atom. The number of hydrogen-bond donors (Lipinski definition) is 2. The molecule has 0 aliphatic rings. The molecule has 0 aromatic carbocycles. The molecule has 0 spiro atoms. The quantitative estimate of drug-likeness (QED) is 0.752. The normalized spacial score (nSPS) is 12.7. The lowest BCUT2D eigenvalue weighted by Crippen LogP contribution is -2.50. The highest BCUT2D eigenvalue weighted by molar-refractivity contribution is 5.82. The molecule has 2 N–H and O–H groups in total. The molecule has 5 heteroatoms. The molecule has 0 heterocycles. The van der Waals surface area contributed by atoms with Crippen LogP contribution in [0.15, 0.2) is 0 Å². The summed E-state index contributed by atoms with van der Waals surface area (Å²) in [6, 6.07) is -1.12. The van der Waals surface area contributed by atoms with E-state index in [1.54, 1.807) is 4.90 Å². The summed E-state index contributed by atoms with van der Waals surface area (Å²) in [6.07, 6.45) is 0. The summed E-state index contributed by atoms with van der Waals surface area (Å²) in [6.45, 7) is 9.93. The molecule has 5 nitrogen and oxygen atoms in total. The van der Waals surface area contributed by atoms with Gasteiger partial charge in [-0.1, -0.05) is 13.8 Å². The average Bonchev–Trinajstić information content (AvgIpc) is 2.12.